The van der Waals surface area contributed by atoms with E-state index in [0.29, 0.717) is 5.69 Å². The van der Waals surface area contributed by atoms with E-state index in [-0.39, 0.29) is 18.6 Å². The molecule has 0 amide bonds. The Balaban J connectivity index is 2.61. The van der Waals surface area contributed by atoms with Crippen LogP contribution in [-0.4, -0.2) is 27.2 Å². The van der Waals surface area contributed by atoms with Gasteiger partial charge in [0.25, 0.3) is 0 Å². The van der Waals surface area contributed by atoms with Crippen LogP contribution in [0, 0.1) is 6.92 Å². The second-order valence-corrected chi connectivity index (χ2v) is 6.88. The monoisotopic (exact) mass is 349 g/mol. The topological polar surface area (TPSA) is 72.5 Å². The van der Waals surface area contributed by atoms with Crippen LogP contribution in [-0.2, 0) is 19.6 Å². The first-order chi connectivity index (χ1) is 8.82. The van der Waals surface area contributed by atoms with Gasteiger partial charge in [0.1, 0.15) is 0 Å². The van der Waals surface area contributed by atoms with Crippen molar-refractivity contribution in [1.29, 1.82) is 0 Å². The van der Waals surface area contributed by atoms with Crippen molar-refractivity contribution in [3.63, 3.8) is 0 Å². The Kier molecular flexibility index (Phi) is 5.81. The number of methoxy groups -OCH3 is 1. The van der Waals surface area contributed by atoms with E-state index in [1.165, 1.54) is 7.11 Å². The summed E-state index contributed by atoms with van der Waals surface area (Å²) in [5, 5.41) is 0. The SMILES string of the molecule is COC(=O)CCCS(=O)(=O)Nc1cc(C)cc(Br)c1. The molecule has 1 aromatic carbocycles. The van der Waals surface area contributed by atoms with Crippen molar-refractivity contribution < 1.29 is 17.9 Å². The molecule has 0 aliphatic carbocycles. The van der Waals surface area contributed by atoms with Gasteiger partial charge in [0, 0.05) is 16.6 Å². The lowest BCUT2D eigenvalue weighted by Crippen LogP contribution is -2.17. The Morgan fingerprint density at radius 2 is 2.05 bits per heavy atom. The molecular weight excluding hydrogens is 334 g/mol. The summed E-state index contributed by atoms with van der Waals surface area (Å²) in [5.41, 5.74) is 1.45. The number of halogens is 1. The maximum Gasteiger partial charge on any atom is 0.305 e. The number of nitrogens with one attached hydrogen (secondary N) is 1. The van der Waals surface area contributed by atoms with Crippen LogP contribution in [0.3, 0.4) is 0 Å². The smallest absolute Gasteiger partial charge is 0.305 e. The standard InChI is InChI=1S/C12H16BrNO4S/c1-9-6-10(13)8-11(7-9)14-19(16,17)5-3-4-12(15)18-2/h6-8,14H,3-5H2,1-2H3. The van der Waals surface area contributed by atoms with Crippen molar-refractivity contribution in [3.8, 4) is 0 Å². The number of sulfonamides is 1. The Hall–Kier alpha value is -1.08. The van der Waals surface area contributed by atoms with Gasteiger partial charge >= 0.3 is 5.97 Å². The molecule has 0 saturated carbocycles. The average molecular weight is 350 g/mol. The number of rotatable bonds is 6. The third kappa shape index (κ3) is 6.07. The fourth-order valence-electron chi connectivity index (χ4n) is 1.53. The third-order valence-corrected chi connectivity index (χ3v) is 4.17. The molecule has 0 aromatic heterocycles. The fourth-order valence-corrected chi connectivity index (χ4v) is 3.25. The highest BCUT2D eigenvalue weighted by atomic mass is 79.9. The van der Waals surface area contributed by atoms with Crippen molar-refractivity contribution in [1.82, 2.24) is 0 Å². The van der Waals surface area contributed by atoms with Crippen LogP contribution in [0.2, 0.25) is 0 Å². The molecule has 0 unspecified atom stereocenters. The Bertz CT molecular complexity index is 537. The minimum absolute atomic E-state index is 0.0922. The summed E-state index contributed by atoms with van der Waals surface area (Å²) in [6.07, 6.45) is 0.323. The van der Waals surface area contributed by atoms with Crippen LogP contribution in [0.4, 0.5) is 5.69 Å². The molecule has 0 spiro atoms. The summed E-state index contributed by atoms with van der Waals surface area (Å²) in [6.45, 7) is 1.87. The predicted molar refractivity (Wildman–Crippen MR) is 77.5 cm³/mol. The number of aryl methyl sites for hydroxylation is 1. The first-order valence-electron chi connectivity index (χ1n) is 5.67. The largest absolute Gasteiger partial charge is 0.469 e. The van der Waals surface area contributed by atoms with Gasteiger partial charge in [0.05, 0.1) is 12.9 Å². The molecule has 0 atom stereocenters. The number of hydrogen-bond donors (Lipinski definition) is 1. The summed E-state index contributed by atoms with van der Waals surface area (Å²) in [7, 11) is -2.17. The molecule has 1 aromatic rings. The minimum Gasteiger partial charge on any atom is -0.469 e. The highest BCUT2D eigenvalue weighted by molar-refractivity contribution is 9.10. The van der Waals surface area contributed by atoms with Gasteiger partial charge < -0.3 is 4.74 Å². The van der Waals surface area contributed by atoms with E-state index < -0.39 is 16.0 Å². The number of hydrogen-bond acceptors (Lipinski definition) is 4. The zero-order valence-electron chi connectivity index (χ0n) is 10.8. The normalized spacial score (nSPS) is 11.1. The van der Waals surface area contributed by atoms with Gasteiger partial charge in [-0.1, -0.05) is 15.9 Å². The summed E-state index contributed by atoms with van der Waals surface area (Å²) in [5.74, 6) is -0.526. The fraction of sp³-hybridized carbons (Fsp3) is 0.417. The number of carbonyl (C=O) groups excluding carboxylic acids is 1. The maximum atomic E-state index is 11.8. The van der Waals surface area contributed by atoms with Gasteiger partial charge in [-0.05, 0) is 37.1 Å². The van der Waals surface area contributed by atoms with E-state index in [1.807, 2.05) is 13.0 Å². The minimum atomic E-state index is -3.45. The van der Waals surface area contributed by atoms with E-state index in [0.717, 1.165) is 10.0 Å². The van der Waals surface area contributed by atoms with E-state index in [4.69, 9.17) is 0 Å². The van der Waals surface area contributed by atoms with Crippen molar-refractivity contribution in [3.05, 3.63) is 28.2 Å². The third-order valence-electron chi connectivity index (χ3n) is 2.34. The van der Waals surface area contributed by atoms with Crippen LogP contribution < -0.4 is 4.72 Å². The van der Waals surface area contributed by atoms with Crippen molar-refractivity contribution >= 4 is 37.6 Å². The van der Waals surface area contributed by atoms with Gasteiger partial charge in [0.2, 0.25) is 10.0 Å². The molecular formula is C12H16BrNO4S. The quantitative estimate of drug-likeness (QED) is 0.800. The van der Waals surface area contributed by atoms with Gasteiger partial charge in [-0.3, -0.25) is 9.52 Å². The van der Waals surface area contributed by atoms with Gasteiger partial charge in [-0.2, -0.15) is 0 Å². The van der Waals surface area contributed by atoms with Crippen LogP contribution in [0.1, 0.15) is 18.4 Å². The second kappa shape index (κ2) is 6.91. The molecule has 0 fully saturated rings. The first kappa shape index (κ1) is 16.0. The molecule has 1 rings (SSSR count). The summed E-state index contributed by atoms with van der Waals surface area (Å²) >= 11 is 3.31. The van der Waals surface area contributed by atoms with Crippen LogP contribution >= 0.6 is 15.9 Å². The number of anilines is 1. The zero-order valence-corrected chi connectivity index (χ0v) is 13.2. The molecule has 19 heavy (non-hydrogen) atoms. The summed E-state index contributed by atoms with van der Waals surface area (Å²) in [4.78, 5) is 10.9. The molecule has 0 heterocycles. The average Bonchev–Trinajstić information content (AvgIpc) is 2.26. The lowest BCUT2D eigenvalue weighted by Gasteiger charge is -2.09. The number of esters is 1. The highest BCUT2D eigenvalue weighted by Crippen LogP contribution is 2.20. The molecule has 1 N–H and O–H groups in total. The van der Waals surface area contributed by atoms with Crippen molar-refractivity contribution in [2.75, 3.05) is 17.6 Å². The molecule has 0 aliphatic rings. The van der Waals surface area contributed by atoms with Gasteiger partial charge in [0.15, 0.2) is 0 Å². The van der Waals surface area contributed by atoms with E-state index in [2.05, 4.69) is 25.4 Å². The molecule has 106 valence electrons. The molecule has 0 radical (unpaired) electrons. The van der Waals surface area contributed by atoms with E-state index in [9.17, 15) is 13.2 Å². The molecule has 0 saturated heterocycles. The molecule has 7 heteroatoms. The Labute approximate surface area is 121 Å². The molecule has 5 nitrogen and oxygen atoms in total. The second-order valence-electron chi connectivity index (χ2n) is 4.12. The van der Waals surface area contributed by atoms with E-state index in [1.54, 1.807) is 12.1 Å². The number of benzene rings is 1. The number of carbonyl (C=O) groups is 1. The Morgan fingerprint density at radius 3 is 2.63 bits per heavy atom. The predicted octanol–water partition coefficient (Wildman–Crippen LogP) is 2.45. The van der Waals surface area contributed by atoms with Crippen LogP contribution in [0.25, 0.3) is 0 Å². The van der Waals surface area contributed by atoms with Crippen LogP contribution in [0.15, 0.2) is 22.7 Å². The maximum absolute atomic E-state index is 11.8. The van der Waals surface area contributed by atoms with Crippen molar-refractivity contribution in [2.45, 2.75) is 19.8 Å². The molecule has 0 aliphatic heterocycles. The lowest BCUT2D eigenvalue weighted by molar-refractivity contribution is -0.140. The Morgan fingerprint density at radius 1 is 1.37 bits per heavy atom. The van der Waals surface area contributed by atoms with Crippen molar-refractivity contribution in [2.24, 2.45) is 0 Å². The lowest BCUT2D eigenvalue weighted by atomic mass is 10.2. The summed E-state index contributed by atoms with van der Waals surface area (Å²) in [6, 6.07) is 5.31. The first-order valence-corrected chi connectivity index (χ1v) is 8.11. The molecule has 0 bridgehead atoms. The highest BCUT2D eigenvalue weighted by Gasteiger charge is 2.12. The van der Waals surface area contributed by atoms with Gasteiger partial charge in [-0.15, -0.1) is 0 Å². The van der Waals surface area contributed by atoms with Gasteiger partial charge in [-0.25, -0.2) is 8.42 Å². The zero-order chi connectivity index (χ0) is 14.5. The summed E-state index contributed by atoms with van der Waals surface area (Å²) < 4.78 is 31.4. The van der Waals surface area contributed by atoms with E-state index >= 15 is 0 Å². The van der Waals surface area contributed by atoms with Crippen LogP contribution in [0.5, 0.6) is 0 Å². The number of ether oxygens (including phenoxy) is 1.